The van der Waals surface area contributed by atoms with Crippen LogP contribution in [0.1, 0.15) is 25.0 Å². The number of fused-ring (bicyclic) bond motifs is 1. The summed E-state index contributed by atoms with van der Waals surface area (Å²) in [4.78, 5) is 30.1. The zero-order valence-electron chi connectivity index (χ0n) is 28.7. The summed E-state index contributed by atoms with van der Waals surface area (Å²) in [6.45, 7) is 8.12. The van der Waals surface area contributed by atoms with Crippen molar-refractivity contribution in [3.05, 3.63) is 96.9 Å². The van der Waals surface area contributed by atoms with E-state index in [-0.39, 0.29) is 39.5 Å². The smallest absolute Gasteiger partial charge is 0.266 e. The summed E-state index contributed by atoms with van der Waals surface area (Å²) in [5.74, 6) is -0.918. The Morgan fingerprint density at radius 1 is 0.654 bits per heavy atom. The Hall–Kier alpha value is -4.73. The Kier molecular flexibility index (Phi) is 12.2. The number of benzene rings is 4. The van der Waals surface area contributed by atoms with Gasteiger partial charge in [0.05, 0.1) is 27.8 Å². The van der Waals surface area contributed by atoms with E-state index in [1.807, 2.05) is 13.8 Å². The third-order valence-corrected chi connectivity index (χ3v) is 10.5. The minimum Gasteiger partial charge on any atom is -0.371 e. The fraction of sp³-hybridized carbons (Fsp3) is 0.312. The third-order valence-electron chi connectivity index (χ3n) is 8.19. The molecule has 17 nitrogen and oxygen atoms in total. The lowest BCUT2D eigenvalue weighted by atomic mass is 10.1. The van der Waals surface area contributed by atoms with Gasteiger partial charge in [0.15, 0.2) is 0 Å². The molecule has 0 atom stereocenters. The Morgan fingerprint density at radius 3 is 1.44 bits per heavy atom. The highest BCUT2D eigenvalue weighted by molar-refractivity contribution is 7.89. The molecule has 0 saturated heterocycles. The number of aryl methyl sites for hydroxylation is 2. The number of nitrogens with one attached hydrogen (secondary N) is 2. The molecule has 0 spiro atoms. The van der Waals surface area contributed by atoms with Gasteiger partial charge in [0.1, 0.15) is 10.7 Å². The molecule has 280 valence electrons. The van der Waals surface area contributed by atoms with Crippen LogP contribution in [0.25, 0.3) is 10.8 Å². The summed E-state index contributed by atoms with van der Waals surface area (Å²) in [6.07, 6.45) is 0. The van der Waals surface area contributed by atoms with Crippen molar-refractivity contribution in [2.75, 3.05) is 58.3 Å². The molecular formula is C32H39N7O10S3. The van der Waals surface area contributed by atoms with Crippen molar-refractivity contribution in [3.8, 4) is 0 Å². The minimum absolute atomic E-state index is 0.0229. The highest BCUT2D eigenvalue weighted by atomic mass is 32.2. The average molecular weight is 778 g/mol. The molecule has 6 N–H and O–H groups in total. The second kappa shape index (κ2) is 15.9. The van der Waals surface area contributed by atoms with Crippen LogP contribution in [0.5, 0.6) is 0 Å². The van der Waals surface area contributed by atoms with Gasteiger partial charge in [-0.3, -0.25) is 29.5 Å². The van der Waals surface area contributed by atoms with Gasteiger partial charge in [0, 0.05) is 48.3 Å². The largest absolute Gasteiger partial charge is 0.371 e. The van der Waals surface area contributed by atoms with Crippen LogP contribution in [0.3, 0.4) is 0 Å². The van der Waals surface area contributed by atoms with E-state index in [0.717, 1.165) is 6.07 Å². The molecule has 0 fully saturated rings. The van der Waals surface area contributed by atoms with Crippen LogP contribution in [-0.4, -0.2) is 72.0 Å². The molecular weight excluding hydrogens is 739 g/mol. The molecule has 0 heterocycles. The van der Waals surface area contributed by atoms with E-state index in [0.29, 0.717) is 47.0 Å². The van der Waals surface area contributed by atoms with Gasteiger partial charge in [0.2, 0.25) is 10.0 Å². The van der Waals surface area contributed by atoms with Crippen LogP contribution in [0.2, 0.25) is 0 Å². The first-order chi connectivity index (χ1) is 24.2. The highest BCUT2D eigenvalue weighted by Gasteiger charge is 2.17. The van der Waals surface area contributed by atoms with Crippen molar-refractivity contribution < 1.29 is 34.4 Å². The van der Waals surface area contributed by atoms with Crippen LogP contribution in [-0.2, 0) is 30.3 Å². The Labute approximate surface area is 300 Å². The zero-order valence-corrected chi connectivity index (χ0v) is 31.1. The van der Waals surface area contributed by atoms with E-state index in [4.69, 9.17) is 14.2 Å². The SMILES string of the molecule is CCN(CCS(=O)(=O)O)c1ccc(NN=c2c(=O)c(=O)c(=NNc3ccc(N(CC)CCS(=O)(=O)O)cc3C)c3cc(S(N)(=O)=O)ccc23)c(C)c1. The predicted octanol–water partition coefficient (Wildman–Crippen LogP) is 0.984. The molecule has 0 bridgehead atoms. The molecule has 0 aliphatic rings. The van der Waals surface area contributed by atoms with E-state index in [2.05, 4.69) is 21.1 Å². The quantitative estimate of drug-likeness (QED) is 0.0641. The number of anilines is 4. The van der Waals surface area contributed by atoms with E-state index in [9.17, 15) is 34.8 Å². The first kappa shape index (κ1) is 40.0. The van der Waals surface area contributed by atoms with Crippen LogP contribution in [0.15, 0.2) is 79.3 Å². The number of hydrogen-bond acceptors (Lipinski definition) is 14. The van der Waals surface area contributed by atoms with Gasteiger partial charge in [-0.05, 0) is 87.4 Å². The van der Waals surface area contributed by atoms with Gasteiger partial charge < -0.3 is 9.80 Å². The molecule has 0 amide bonds. The van der Waals surface area contributed by atoms with Crippen LogP contribution >= 0.6 is 0 Å². The molecule has 0 radical (unpaired) electrons. The molecule has 52 heavy (non-hydrogen) atoms. The zero-order chi connectivity index (χ0) is 38.6. The van der Waals surface area contributed by atoms with E-state index >= 15 is 0 Å². The molecule has 0 aliphatic carbocycles. The van der Waals surface area contributed by atoms with E-state index in [1.54, 1.807) is 60.0 Å². The number of nitrogens with two attached hydrogens (primary N) is 1. The van der Waals surface area contributed by atoms with Gasteiger partial charge in [-0.25, -0.2) is 13.6 Å². The maximum absolute atomic E-state index is 13.5. The lowest BCUT2D eigenvalue weighted by Gasteiger charge is -2.23. The summed E-state index contributed by atoms with van der Waals surface area (Å²) in [6, 6.07) is 13.7. The molecule has 4 aromatic rings. The first-order valence-corrected chi connectivity index (χ1v) is 20.5. The van der Waals surface area contributed by atoms with Crippen LogP contribution in [0.4, 0.5) is 22.7 Å². The Balaban J connectivity index is 1.77. The van der Waals surface area contributed by atoms with Gasteiger partial charge in [-0.15, -0.1) is 0 Å². The molecule has 0 unspecified atom stereocenters. The Morgan fingerprint density at radius 2 is 1.08 bits per heavy atom. The van der Waals surface area contributed by atoms with Crippen LogP contribution in [0, 0.1) is 13.8 Å². The second-order valence-corrected chi connectivity index (χ2v) is 16.5. The minimum atomic E-state index is -4.23. The van der Waals surface area contributed by atoms with Crippen molar-refractivity contribution in [1.82, 2.24) is 0 Å². The summed E-state index contributed by atoms with van der Waals surface area (Å²) in [5, 5.41) is 13.2. The van der Waals surface area contributed by atoms with E-state index < -0.39 is 52.6 Å². The standard InChI is InChI=1S/C32H39N7O10S3/c1-5-38(13-15-50(42,43)44)22-7-11-27(20(3)17-22)34-36-29-25-10-9-24(52(33,48)49)19-26(25)30(32(41)31(29)40)37-35-28-12-8-23(18-21(28)4)39(6-2)14-16-51(45,46)47/h7-12,17-19,34-35H,5-6,13-16H2,1-4H3,(H2,33,48,49)(H,42,43,44)(H,45,46,47). The topological polar surface area (TPSA) is 258 Å². The van der Waals surface area contributed by atoms with Crippen molar-refractivity contribution in [2.45, 2.75) is 32.6 Å². The number of nitrogens with zero attached hydrogens (tertiary/aromatic N) is 4. The second-order valence-electron chi connectivity index (χ2n) is 11.8. The average Bonchev–Trinajstić information content (AvgIpc) is 3.05. The van der Waals surface area contributed by atoms with E-state index in [1.165, 1.54) is 12.1 Å². The predicted molar refractivity (Wildman–Crippen MR) is 200 cm³/mol. The monoisotopic (exact) mass is 777 g/mol. The molecule has 0 aliphatic heterocycles. The number of primary sulfonamides is 1. The normalized spacial score (nSPS) is 13.1. The van der Waals surface area contributed by atoms with Crippen molar-refractivity contribution >= 4 is 63.8 Å². The number of rotatable bonds is 15. The van der Waals surface area contributed by atoms with Gasteiger partial charge >= 0.3 is 0 Å². The molecule has 4 aromatic carbocycles. The fourth-order valence-electron chi connectivity index (χ4n) is 5.35. The Bertz CT molecular complexity index is 2570. The number of hydrogen-bond donors (Lipinski definition) is 5. The summed E-state index contributed by atoms with van der Waals surface area (Å²) in [5.41, 5.74) is 6.94. The van der Waals surface area contributed by atoms with Crippen LogP contribution < -0.4 is 47.4 Å². The molecule has 4 rings (SSSR count). The van der Waals surface area contributed by atoms with Gasteiger partial charge in [-0.2, -0.15) is 27.0 Å². The van der Waals surface area contributed by atoms with Gasteiger partial charge in [-0.1, -0.05) is 6.07 Å². The summed E-state index contributed by atoms with van der Waals surface area (Å²) < 4.78 is 87.8. The molecule has 0 saturated carbocycles. The third kappa shape index (κ3) is 9.98. The molecule has 0 aromatic heterocycles. The fourth-order valence-corrected chi connectivity index (χ4v) is 6.79. The van der Waals surface area contributed by atoms with Crippen molar-refractivity contribution in [2.24, 2.45) is 15.3 Å². The molecule has 20 heteroatoms. The summed E-state index contributed by atoms with van der Waals surface area (Å²) >= 11 is 0. The lowest BCUT2D eigenvalue weighted by Crippen LogP contribution is -2.48. The maximum Gasteiger partial charge on any atom is 0.266 e. The summed E-state index contributed by atoms with van der Waals surface area (Å²) in [7, 11) is -12.6. The first-order valence-electron chi connectivity index (χ1n) is 15.8. The van der Waals surface area contributed by atoms with Crippen molar-refractivity contribution in [3.63, 3.8) is 0 Å². The van der Waals surface area contributed by atoms with Gasteiger partial charge in [0.25, 0.3) is 31.1 Å². The van der Waals surface area contributed by atoms with Crippen molar-refractivity contribution in [1.29, 1.82) is 0 Å². The highest BCUT2D eigenvalue weighted by Crippen LogP contribution is 2.24. The lowest BCUT2D eigenvalue weighted by molar-refractivity contribution is 0.480. The number of sulfonamides is 1. The maximum atomic E-state index is 13.5.